The van der Waals surface area contributed by atoms with E-state index >= 15 is 0 Å². The van der Waals surface area contributed by atoms with E-state index < -0.39 is 0 Å². The Morgan fingerprint density at radius 3 is 2.79 bits per heavy atom. The van der Waals surface area contributed by atoms with Gasteiger partial charge in [-0.25, -0.2) is 0 Å². The van der Waals surface area contributed by atoms with Crippen molar-refractivity contribution in [1.82, 2.24) is 5.32 Å². The van der Waals surface area contributed by atoms with Gasteiger partial charge in [-0.2, -0.15) is 0 Å². The van der Waals surface area contributed by atoms with Crippen LogP contribution < -0.4 is 5.32 Å². The van der Waals surface area contributed by atoms with Crippen LogP contribution in [-0.2, 0) is 9.53 Å². The summed E-state index contributed by atoms with van der Waals surface area (Å²) in [7, 11) is 1.76. The summed E-state index contributed by atoms with van der Waals surface area (Å²) in [6.07, 6.45) is 6.29. The average molecular weight is 195 g/mol. The van der Waals surface area contributed by atoms with Crippen LogP contribution in [0.25, 0.3) is 0 Å². The maximum absolute atomic E-state index is 11.2. The normalized spacial score (nSPS) is 32.9. The fourth-order valence-corrected chi connectivity index (χ4v) is 2.77. The number of nitrogens with one attached hydrogen (secondary N) is 1. The van der Waals surface area contributed by atoms with Gasteiger partial charge >= 0.3 is 0 Å². The lowest BCUT2D eigenvalue weighted by atomic mass is 9.51. The Hall–Kier alpha value is -0.830. The van der Waals surface area contributed by atoms with E-state index in [1.807, 2.05) is 0 Å². The van der Waals surface area contributed by atoms with Gasteiger partial charge < -0.3 is 10.1 Å². The van der Waals surface area contributed by atoms with Crippen LogP contribution in [0.2, 0.25) is 0 Å². The van der Waals surface area contributed by atoms with Crippen molar-refractivity contribution in [1.29, 1.82) is 0 Å². The van der Waals surface area contributed by atoms with Crippen molar-refractivity contribution in [2.45, 2.75) is 37.8 Å². The molecule has 0 heterocycles. The molecule has 1 amide bonds. The minimum atomic E-state index is -0.0594. The highest BCUT2D eigenvalue weighted by Crippen LogP contribution is 2.57. The van der Waals surface area contributed by atoms with Crippen molar-refractivity contribution >= 4 is 5.91 Å². The first kappa shape index (κ1) is 9.71. The van der Waals surface area contributed by atoms with E-state index in [4.69, 9.17) is 4.74 Å². The zero-order chi connectivity index (χ0) is 10.2. The summed E-state index contributed by atoms with van der Waals surface area (Å²) < 4.78 is 5.41. The van der Waals surface area contributed by atoms with Crippen LogP contribution in [0.5, 0.6) is 0 Å². The Balaban J connectivity index is 1.96. The zero-order valence-corrected chi connectivity index (χ0v) is 8.58. The number of rotatable bonds is 3. The quantitative estimate of drug-likeness (QED) is 0.688. The molecular formula is C11H17NO2. The average Bonchev–Trinajstić information content (AvgIpc) is 2.08. The molecule has 2 aliphatic rings. The largest absolute Gasteiger partial charge is 0.381 e. The Bertz CT molecular complexity index is 258. The topological polar surface area (TPSA) is 38.3 Å². The van der Waals surface area contributed by atoms with Gasteiger partial charge in [-0.1, -0.05) is 13.0 Å². The fourth-order valence-electron chi connectivity index (χ4n) is 2.77. The Labute approximate surface area is 84.5 Å². The van der Waals surface area contributed by atoms with Crippen LogP contribution in [0.1, 0.15) is 25.7 Å². The van der Waals surface area contributed by atoms with Crippen LogP contribution >= 0.6 is 0 Å². The zero-order valence-electron chi connectivity index (χ0n) is 8.58. The van der Waals surface area contributed by atoms with E-state index in [-0.39, 0.29) is 11.3 Å². The van der Waals surface area contributed by atoms with Gasteiger partial charge in [0.25, 0.3) is 0 Å². The van der Waals surface area contributed by atoms with E-state index in [1.54, 1.807) is 7.11 Å². The van der Waals surface area contributed by atoms with Crippen molar-refractivity contribution in [2.75, 3.05) is 7.11 Å². The van der Waals surface area contributed by atoms with Gasteiger partial charge in [-0.3, -0.25) is 4.79 Å². The molecule has 0 aromatic rings. The molecule has 2 unspecified atom stereocenters. The summed E-state index contributed by atoms with van der Waals surface area (Å²) in [4.78, 5) is 11.2. The molecule has 2 fully saturated rings. The van der Waals surface area contributed by atoms with Crippen molar-refractivity contribution in [3.05, 3.63) is 12.7 Å². The van der Waals surface area contributed by atoms with E-state index in [0.29, 0.717) is 12.1 Å². The highest BCUT2D eigenvalue weighted by molar-refractivity contribution is 5.87. The molecule has 0 aromatic carbocycles. The highest BCUT2D eigenvalue weighted by atomic mass is 16.5. The molecule has 1 N–H and O–H groups in total. The van der Waals surface area contributed by atoms with Crippen molar-refractivity contribution < 1.29 is 9.53 Å². The molecule has 0 aromatic heterocycles. The fraction of sp³-hybridized carbons (Fsp3) is 0.727. The maximum Gasteiger partial charge on any atom is 0.243 e. The number of carbonyl (C=O) groups excluding carboxylic acids is 1. The number of carbonyl (C=O) groups is 1. The molecule has 14 heavy (non-hydrogen) atoms. The van der Waals surface area contributed by atoms with Gasteiger partial charge in [0.05, 0.1) is 6.10 Å². The number of amides is 1. The second-order valence-corrected chi connectivity index (χ2v) is 4.31. The molecule has 3 nitrogen and oxygen atoms in total. The summed E-state index contributed by atoms with van der Waals surface area (Å²) in [6.45, 7) is 3.46. The van der Waals surface area contributed by atoms with Gasteiger partial charge in [0.2, 0.25) is 5.91 Å². The lowest BCUT2D eigenvalue weighted by molar-refractivity contribution is -0.165. The minimum absolute atomic E-state index is 0.0594. The first-order valence-corrected chi connectivity index (χ1v) is 5.18. The molecule has 0 saturated heterocycles. The Morgan fingerprint density at radius 2 is 2.36 bits per heavy atom. The van der Waals surface area contributed by atoms with Gasteiger partial charge in [0, 0.05) is 18.6 Å². The van der Waals surface area contributed by atoms with E-state index in [0.717, 1.165) is 6.42 Å². The molecular weight excluding hydrogens is 178 g/mol. The molecule has 78 valence electrons. The standard InChI is InChI=1S/C11H17NO2/c1-3-10(13)12-8-7-9(14-2)11(8)5-4-6-11/h3,8-9H,1,4-7H2,2H3,(H,12,13). The molecule has 2 aliphatic carbocycles. The van der Waals surface area contributed by atoms with Crippen molar-refractivity contribution in [2.24, 2.45) is 5.41 Å². The second kappa shape index (κ2) is 3.39. The lowest BCUT2D eigenvalue weighted by Gasteiger charge is -2.60. The molecule has 3 heteroatoms. The molecule has 0 aliphatic heterocycles. The van der Waals surface area contributed by atoms with E-state index in [1.165, 1.54) is 25.3 Å². The predicted molar refractivity (Wildman–Crippen MR) is 53.8 cm³/mol. The van der Waals surface area contributed by atoms with Crippen LogP contribution in [-0.4, -0.2) is 25.2 Å². The number of ether oxygens (including phenoxy) is 1. The molecule has 0 radical (unpaired) electrons. The van der Waals surface area contributed by atoms with Crippen LogP contribution in [0.15, 0.2) is 12.7 Å². The third-order valence-corrected chi connectivity index (χ3v) is 3.86. The molecule has 2 saturated carbocycles. The van der Waals surface area contributed by atoms with Crippen molar-refractivity contribution in [3.63, 3.8) is 0 Å². The summed E-state index contributed by atoms with van der Waals surface area (Å²) in [5.41, 5.74) is 0.257. The second-order valence-electron chi connectivity index (χ2n) is 4.31. The minimum Gasteiger partial charge on any atom is -0.381 e. The first-order chi connectivity index (χ1) is 6.73. The van der Waals surface area contributed by atoms with Gasteiger partial charge in [0.1, 0.15) is 0 Å². The predicted octanol–water partition coefficient (Wildman–Crippen LogP) is 1.25. The smallest absolute Gasteiger partial charge is 0.243 e. The van der Waals surface area contributed by atoms with Gasteiger partial charge in [-0.15, -0.1) is 0 Å². The SMILES string of the molecule is C=CC(=O)NC1CC(OC)C12CCC2. The highest BCUT2D eigenvalue weighted by Gasteiger charge is 2.58. The van der Waals surface area contributed by atoms with Gasteiger partial charge in [-0.05, 0) is 25.3 Å². The monoisotopic (exact) mass is 195 g/mol. The van der Waals surface area contributed by atoms with Gasteiger partial charge in [0.15, 0.2) is 0 Å². The molecule has 2 atom stereocenters. The summed E-state index contributed by atoms with van der Waals surface area (Å²) in [5, 5.41) is 2.99. The lowest BCUT2D eigenvalue weighted by Crippen LogP contribution is -2.67. The first-order valence-electron chi connectivity index (χ1n) is 5.18. The summed E-state index contributed by atoms with van der Waals surface area (Å²) >= 11 is 0. The van der Waals surface area contributed by atoms with E-state index in [9.17, 15) is 4.79 Å². The number of hydrogen-bond acceptors (Lipinski definition) is 2. The maximum atomic E-state index is 11.2. The molecule has 1 spiro atoms. The van der Waals surface area contributed by atoms with Crippen LogP contribution in [0.3, 0.4) is 0 Å². The van der Waals surface area contributed by atoms with Crippen molar-refractivity contribution in [3.8, 4) is 0 Å². The number of methoxy groups -OCH3 is 1. The Kier molecular flexibility index (Phi) is 2.35. The third kappa shape index (κ3) is 1.19. The van der Waals surface area contributed by atoms with E-state index in [2.05, 4.69) is 11.9 Å². The molecule has 0 bridgehead atoms. The number of hydrogen-bond donors (Lipinski definition) is 1. The Morgan fingerprint density at radius 1 is 1.64 bits per heavy atom. The summed E-state index contributed by atoms with van der Waals surface area (Å²) in [5.74, 6) is -0.0594. The van der Waals surface area contributed by atoms with Crippen LogP contribution in [0.4, 0.5) is 0 Å². The third-order valence-electron chi connectivity index (χ3n) is 3.86. The molecule has 2 rings (SSSR count). The summed E-state index contributed by atoms with van der Waals surface area (Å²) in [6, 6.07) is 0.312. The van der Waals surface area contributed by atoms with Crippen LogP contribution in [0, 0.1) is 5.41 Å².